The summed E-state index contributed by atoms with van der Waals surface area (Å²) >= 11 is 3.70. The molecule has 1 saturated carbocycles. The number of benzene rings is 1. The minimum absolute atomic E-state index is 0.829. The summed E-state index contributed by atoms with van der Waals surface area (Å²) in [5, 5.41) is 0. The molecule has 1 heterocycles. The monoisotopic (exact) mass is 281 g/mol. The topological polar surface area (TPSA) is 12.5 Å². The molecule has 0 spiro atoms. The van der Waals surface area contributed by atoms with Gasteiger partial charge in [-0.1, -0.05) is 6.07 Å². The summed E-state index contributed by atoms with van der Waals surface area (Å²) in [5.74, 6) is 0.829. The molecule has 2 aliphatic rings. The van der Waals surface area contributed by atoms with Crippen LogP contribution in [0.3, 0.4) is 0 Å². The van der Waals surface area contributed by atoms with Crippen molar-refractivity contribution in [1.29, 1.82) is 0 Å². The molecule has 0 radical (unpaired) electrons. The molecule has 1 aromatic rings. The Labute approximate surface area is 105 Å². The van der Waals surface area contributed by atoms with E-state index < -0.39 is 0 Å². The lowest BCUT2D eigenvalue weighted by Gasteiger charge is -2.29. The number of ether oxygens (including phenoxy) is 1. The first-order chi connectivity index (χ1) is 7.84. The van der Waals surface area contributed by atoms with Crippen LogP contribution in [0.2, 0.25) is 0 Å². The molecule has 2 nitrogen and oxygen atoms in total. The second-order valence-electron chi connectivity index (χ2n) is 4.58. The Hall–Kier alpha value is -0.540. The van der Waals surface area contributed by atoms with Crippen molar-refractivity contribution in [3.8, 4) is 0 Å². The molecule has 16 heavy (non-hydrogen) atoms. The largest absolute Gasteiger partial charge is 0.378 e. The van der Waals surface area contributed by atoms with Crippen molar-refractivity contribution in [2.45, 2.75) is 18.8 Å². The van der Waals surface area contributed by atoms with E-state index in [1.54, 1.807) is 0 Å². The van der Waals surface area contributed by atoms with Gasteiger partial charge in [0.15, 0.2) is 0 Å². The third-order valence-electron chi connectivity index (χ3n) is 3.37. The standard InChI is InChI=1S/C13H16BrNO/c14-12-9-11(10-1-2-10)3-4-13(12)15-5-7-16-8-6-15/h3-4,9-10H,1-2,5-8H2. The van der Waals surface area contributed by atoms with Crippen LogP contribution in [0.5, 0.6) is 0 Å². The fourth-order valence-corrected chi connectivity index (χ4v) is 2.90. The van der Waals surface area contributed by atoms with E-state index in [1.165, 1.54) is 28.6 Å². The van der Waals surface area contributed by atoms with Gasteiger partial charge in [0.2, 0.25) is 0 Å². The SMILES string of the molecule is Brc1cc(C2CC2)ccc1N1CCOCC1. The third-order valence-corrected chi connectivity index (χ3v) is 4.01. The van der Waals surface area contributed by atoms with Crippen LogP contribution in [0.4, 0.5) is 5.69 Å². The Morgan fingerprint density at radius 3 is 2.56 bits per heavy atom. The number of nitrogens with zero attached hydrogens (tertiary/aromatic N) is 1. The maximum atomic E-state index is 5.38. The molecule has 86 valence electrons. The zero-order chi connectivity index (χ0) is 11.0. The van der Waals surface area contributed by atoms with Gasteiger partial charge in [0.05, 0.1) is 18.9 Å². The Morgan fingerprint density at radius 2 is 1.94 bits per heavy atom. The van der Waals surface area contributed by atoms with Gasteiger partial charge in [0.25, 0.3) is 0 Å². The van der Waals surface area contributed by atoms with Gasteiger partial charge in [0, 0.05) is 17.6 Å². The van der Waals surface area contributed by atoms with E-state index in [-0.39, 0.29) is 0 Å². The number of hydrogen-bond acceptors (Lipinski definition) is 2. The highest BCUT2D eigenvalue weighted by Crippen LogP contribution is 2.42. The van der Waals surface area contributed by atoms with Crippen molar-refractivity contribution < 1.29 is 4.74 Å². The average Bonchev–Trinajstić information content (AvgIpc) is 3.14. The second-order valence-corrected chi connectivity index (χ2v) is 5.44. The summed E-state index contributed by atoms with van der Waals surface area (Å²) in [6.07, 6.45) is 2.73. The fraction of sp³-hybridized carbons (Fsp3) is 0.538. The molecule has 0 N–H and O–H groups in total. The highest BCUT2D eigenvalue weighted by molar-refractivity contribution is 9.10. The highest BCUT2D eigenvalue weighted by Gasteiger charge is 2.24. The Morgan fingerprint density at radius 1 is 1.19 bits per heavy atom. The van der Waals surface area contributed by atoms with Crippen LogP contribution in [-0.2, 0) is 4.74 Å². The normalized spacial score (nSPS) is 21.2. The van der Waals surface area contributed by atoms with Crippen LogP contribution < -0.4 is 4.90 Å². The van der Waals surface area contributed by atoms with Crippen LogP contribution in [-0.4, -0.2) is 26.3 Å². The third kappa shape index (κ3) is 2.11. The van der Waals surface area contributed by atoms with Crippen molar-refractivity contribution in [3.63, 3.8) is 0 Å². The van der Waals surface area contributed by atoms with Gasteiger partial charge in [-0.2, -0.15) is 0 Å². The van der Waals surface area contributed by atoms with Gasteiger partial charge < -0.3 is 9.64 Å². The number of hydrogen-bond donors (Lipinski definition) is 0. The minimum atomic E-state index is 0.829. The molecule has 0 amide bonds. The van der Waals surface area contributed by atoms with E-state index in [0.29, 0.717) is 0 Å². The molecular formula is C13H16BrNO. The first kappa shape index (κ1) is 10.6. The first-order valence-electron chi connectivity index (χ1n) is 5.97. The maximum Gasteiger partial charge on any atom is 0.0642 e. The molecule has 1 aliphatic heterocycles. The van der Waals surface area contributed by atoms with Crippen molar-refractivity contribution in [3.05, 3.63) is 28.2 Å². The van der Waals surface area contributed by atoms with Crippen LogP contribution >= 0.6 is 15.9 Å². The molecule has 3 heteroatoms. The first-order valence-corrected chi connectivity index (χ1v) is 6.76. The predicted molar refractivity (Wildman–Crippen MR) is 69.1 cm³/mol. The van der Waals surface area contributed by atoms with Gasteiger partial charge in [0.1, 0.15) is 0 Å². The molecular weight excluding hydrogens is 266 g/mol. The van der Waals surface area contributed by atoms with Crippen LogP contribution in [0, 0.1) is 0 Å². The number of halogens is 1. The Kier molecular flexibility index (Phi) is 2.90. The highest BCUT2D eigenvalue weighted by atomic mass is 79.9. The lowest BCUT2D eigenvalue weighted by Crippen LogP contribution is -2.36. The zero-order valence-corrected chi connectivity index (χ0v) is 10.9. The van der Waals surface area contributed by atoms with Gasteiger partial charge in [-0.25, -0.2) is 0 Å². The molecule has 1 aliphatic carbocycles. The number of rotatable bonds is 2. The van der Waals surface area contributed by atoms with Crippen LogP contribution in [0.15, 0.2) is 22.7 Å². The molecule has 0 bridgehead atoms. The summed E-state index contributed by atoms with van der Waals surface area (Å²) in [5.41, 5.74) is 2.80. The van der Waals surface area contributed by atoms with Crippen molar-refractivity contribution in [1.82, 2.24) is 0 Å². The van der Waals surface area contributed by atoms with E-state index in [0.717, 1.165) is 32.2 Å². The fourth-order valence-electron chi connectivity index (χ4n) is 2.25. The number of morpholine rings is 1. The summed E-state index contributed by atoms with van der Waals surface area (Å²) in [7, 11) is 0. The van der Waals surface area contributed by atoms with Gasteiger partial charge in [-0.3, -0.25) is 0 Å². The van der Waals surface area contributed by atoms with Crippen molar-refractivity contribution in [2.75, 3.05) is 31.2 Å². The van der Waals surface area contributed by atoms with Gasteiger partial charge in [-0.15, -0.1) is 0 Å². The quantitative estimate of drug-likeness (QED) is 0.826. The van der Waals surface area contributed by atoms with Crippen molar-refractivity contribution in [2.24, 2.45) is 0 Å². The van der Waals surface area contributed by atoms with Crippen LogP contribution in [0.1, 0.15) is 24.3 Å². The van der Waals surface area contributed by atoms with Crippen molar-refractivity contribution >= 4 is 21.6 Å². The number of anilines is 1. The van der Waals surface area contributed by atoms with Gasteiger partial charge >= 0.3 is 0 Å². The summed E-state index contributed by atoms with van der Waals surface area (Å²) in [4.78, 5) is 2.39. The van der Waals surface area contributed by atoms with E-state index >= 15 is 0 Å². The summed E-state index contributed by atoms with van der Waals surface area (Å²) in [6.45, 7) is 3.69. The lowest BCUT2D eigenvalue weighted by molar-refractivity contribution is 0.122. The van der Waals surface area contributed by atoms with E-state index in [4.69, 9.17) is 4.74 Å². The molecule has 3 rings (SSSR count). The molecule has 1 saturated heterocycles. The van der Waals surface area contributed by atoms with Gasteiger partial charge in [-0.05, 0) is 52.4 Å². The van der Waals surface area contributed by atoms with Crippen LogP contribution in [0.25, 0.3) is 0 Å². The van der Waals surface area contributed by atoms with E-state index in [1.807, 2.05) is 0 Å². The molecule has 2 fully saturated rings. The molecule has 0 unspecified atom stereocenters. The molecule has 1 aromatic carbocycles. The average molecular weight is 282 g/mol. The second kappa shape index (κ2) is 4.38. The van der Waals surface area contributed by atoms with E-state index in [2.05, 4.69) is 39.0 Å². The molecule has 0 aromatic heterocycles. The maximum absolute atomic E-state index is 5.38. The molecule has 0 atom stereocenters. The summed E-state index contributed by atoms with van der Waals surface area (Å²) < 4.78 is 6.61. The smallest absolute Gasteiger partial charge is 0.0642 e. The Bertz CT molecular complexity index is 384. The van der Waals surface area contributed by atoms with E-state index in [9.17, 15) is 0 Å². The summed E-state index contributed by atoms with van der Waals surface area (Å²) in [6, 6.07) is 6.83. The Balaban J connectivity index is 1.83. The lowest BCUT2D eigenvalue weighted by atomic mass is 10.1. The predicted octanol–water partition coefficient (Wildman–Crippen LogP) is 3.16. The zero-order valence-electron chi connectivity index (χ0n) is 9.29. The minimum Gasteiger partial charge on any atom is -0.378 e.